The zero-order valence-electron chi connectivity index (χ0n) is 17.3. The quantitative estimate of drug-likeness (QED) is 0.372. The fraction of sp³-hybridized carbons (Fsp3) is 0.286. The van der Waals surface area contributed by atoms with Crippen molar-refractivity contribution < 1.29 is 19.1 Å². The fourth-order valence-corrected chi connectivity index (χ4v) is 2.65. The molecule has 4 N–H and O–H groups in total. The van der Waals surface area contributed by atoms with E-state index in [0.717, 1.165) is 0 Å². The summed E-state index contributed by atoms with van der Waals surface area (Å²) in [6.07, 6.45) is 1.40. The van der Waals surface area contributed by atoms with E-state index in [1.807, 2.05) is 0 Å². The van der Waals surface area contributed by atoms with Crippen LogP contribution in [0.3, 0.4) is 0 Å². The Morgan fingerprint density at radius 2 is 2.13 bits per heavy atom. The number of hydrogen-bond acceptors (Lipinski definition) is 9. The van der Waals surface area contributed by atoms with Crippen LogP contribution in [0, 0.1) is 18.8 Å². The second kappa shape index (κ2) is 9.66. The Kier molecular flexibility index (Phi) is 6.97. The van der Waals surface area contributed by atoms with Crippen molar-refractivity contribution in [2.75, 3.05) is 31.4 Å². The van der Waals surface area contributed by atoms with E-state index in [9.17, 15) is 5.11 Å². The van der Waals surface area contributed by atoms with Crippen LogP contribution in [-0.2, 0) is 10.3 Å². The van der Waals surface area contributed by atoms with E-state index in [-0.39, 0.29) is 11.0 Å². The van der Waals surface area contributed by atoms with Crippen LogP contribution in [0.25, 0.3) is 0 Å². The van der Waals surface area contributed by atoms with Crippen molar-refractivity contribution >= 4 is 29.1 Å². The number of nitrogens with one attached hydrogen (secondary N) is 1. The predicted molar refractivity (Wildman–Crippen MR) is 116 cm³/mol. The lowest BCUT2D eigenvalue weighted by Crippen LogP contribution is -2.18. The van der Waals surface area contributed by atoms with Gasteiger partial charge in [-0.3, -0.25) is 0 Å². The smallest absolute Gasteiger partial charge is 0.222 e. The summed E-state index contributed by atoms with van der Waals surface area (Å²) in [5.41, 5.74) is 5.68. The molecule has 3 aromatic rings. The van der Waals surface area contributed by atoms with Crippen LogP contribution < -0.4 is 15.8 Å². The molecule has 3 rings (SSSR count). The van der Waals surface area contributed by atoms with E-state index in [2.05, 4.69) is 32.3 Å². The highest BCUT2D eigenvalue weighted by molar-refractivity contribution is 6.32. The third-order valence-corrected chi connectivity index (χ3v) is 4.39. The fourth-order valence-electron chi connectivity index (χ4n) is 2.52. The summed E-state index contributed by atoms with van der Waals surface area (Å²) >= 11 is 6.18. The number of anilines is 3. The molecule has 0 amide bonds. The third kappa shape index (κ3) is 5.86. The highest BCUT2D eigenvalue weighted by Gasteiger charge is 2.24. The molecule has 10 heteroatoms. The number of rotatable bonds is 7. The number of nitrogens with two attached hydrogens (primary N) is 1. The monoisotopic (exact) mass is 443 g/mol. The predicted octanol–water partition coefficient (Wildman–Crippen LogP) is 3.04. The molecule has 9 nitrogen and oxygen atoms in total. The molecule has 0 bridgehead atoms. The standard InChI is InChI=1S/C21H22ClN5O4/c1-13-10-18(27-31-13)21(2,28)7-6-14-4-5-17(30-9-8-29-3)16(11-14)25-19-15(22)12-24-20(23)26-19/h4-5,10-12,28H,8-9H2,1-3H3,(H3,23,24,25,26)/t21-/m1/s1. The van der Waals surface area contributed by atoms with Gasteiger partial charge in [-0.25, -0.2) is 4.98 Å². The van der Waals surface area contributed by atoms with Crippen molar-refractivity contribution in [1.29, 1.82) is 0 Å². The van der Waals surface area contributed by atoms with Gasteiger partial charge in [0.05, 0.1) is 18.5 Å². The lowest BCUT2D eigenvalue weighted by molar-refractivity contribution is 0.112. The van der Waals surface area contributed by atoms with Crippen LogP contribution >= 0.6 is 11.6 Å². The maximum Gasteiger partial charge on any atom is 0.222 e. The molecule has 2 heterocycles. The third-order valence-electron chi connectivity index (χ3n) is 4.12. The number of aromatic nitrogens is 3. The Balaban J connectivity index is 1.92. The Bertz CT molecular complexity index is 1120. The van der Waals surface area contributed by atoms with Gasteiger partial charge in [-0.1, -0.05) is 28.6 Å². The summed E-state index contributed by atoms with van der Waals surface area (Å²) in [7, 11) is 1.59. The minimum atomic E-state index is -1.48. The number of nitrogens with zero attached hydrogens (tertiary/aromatic N) is 3. The zero-order chi connectivity index (χ0) is 22.4. The van der Waals surface area contributed by atoms with Gasteiger partial charge in [-0.2, -0.15) is 4.98 Å². The minimum Gasteiger partial charge on any atom is -0.489 e. The van der Waals surface area contributed by atoms with Crippen LogP contribution in [0.4, 0.5) is 17.5 Å². The molecule has 0 unspecified atom stereocenters. The van der Waals surface area contributed by atoms with Crippen LogP contribution in [0.5, 0.6) is 5.75 Å². The molecule has 0 aliphatic heterocycles. The lowest BCUT2D eigenvalue weighted by atomic mass is 10.0. The number of benzene rings is 1. The maximum absolute atomic E-state index is 10.6. The van der Waals surface area contributed by atoms with Crippen molar-refractivity contribution in [3.05, 3.63) is 52.5 Å². The van der Waals surface area contributed by atoms with Gasteiger partial charge in [-0.05, 0) is 32.0 Å². The number of aryl methyl sites for hydroxylation is 1. The second-order valence-electron chi connectivity index (χ2n) is 6.75. The molecule has 0 saturated carbocycles. The van der Waals surface area contributed by atoms with E-state index in [4.69, 9.17) is 31.3 Å². The van der Waals surface area contributed by atoms with Gasteiger partial charge in [0.25, 0.3) is 0 Å². The maximum atomic E-state index is 10.6. The normalized spacial score (nSPS) is 12.5. The average Bonchev–Trinajstić information content (AvgIpc) is 3.18. The highest BCUT2D eigenvalue weighted by Crippen LogP contribution is 2.31. The molecular formula is C21H22ClN5O4. The van der Waals surface area contributed by atoms with E-state index >= 15 is 0 Å². The average molecular weight is 444 g/mol. The Hall–Kier alpha value is -3.32. The van der Waals surface area contributed by atoms with Crippen LogP contribution in [0.2, 0.25) is 5.02 Å². The minimum absolute atomic E-state index is 0.0728. The Morgan fingerprint density at radius 1 is 1.32 bits per heavy atom. The van der Waals surface area contributed by atoms with Crippen molar-refractivity contribution in [2.45, 2.75) is 19.4 Å². The van der Waals surface area contributed by atoms with Crippen molar-refractivity contribution in [2.24, 2.45) is 0 Å². The zero-order valence-corrected chi connectivity index (χ0v) is 18.0. The topological polar surface area (TPSA) is 129 Å². The number of hydrogen-bond donors (Lipinski definition) is 3. The molecule has 0 aliphatic carbocycles. The molecule has 0 aliphatic rings. The first-order valence-corrected chi connectivity index (χ1v) is 9.66. The molecule has 31 heavy (non-hydrogen) atoms. The Labute approximate surface area is 184 Å². The molecule has 0 spiro atoms. The first-order valence-electron chi connectivity index (χ1n) is 9.28. The molecule has 162 valence electrons. The number of halogens is 1. The van der Waals surface area contributed by atoms with E-state index in [1.165, 1.54) is 6.20 Å². The van der Waals surface area contributed by atoms with Crippen LogP contribution in [0.15, 0.2) is 35.0 Å². The summed E-state index contributed by atoms with van der Waals surface area (Å²) in [6, 6.07) is 6.89. The molecule has 1 atom stereocenters. The Morgan fingerprint density at radius 3 is 2.84 bits per heavy atom. The molecule has 1 aromatic carbocycles. The lowest BCUT2D eigenvalue weighted by Gasteiger charge is -2.14. The molecule has 0 radical (unpaired) electrons. The van der Waals surface area contributed by atoms with Gasteiger partial charge < -0.3 is 30.2 Å². The largest absolute Gasteiger partial charge is 0.489 e. The van der Waals surface area contributed by atoms with Crippen molar-refractivity contribution in [3.8, 4) is 17.6 Å². The number of aliphatic hydroxyl groups is 1. The van der Waals surface area contributed by atoms with Gasteiger partial charge in [-0.15, -0.1) is 0 Å². The highest BCUT2D eigenvalue weighted by atomic mass is 35.5. The summed E-state index contributed by atoms with van der Waals surface area (Å²) in [5, 5.41) is 17.9. The van der Waals surface area contributed by atoms with Crippen LogP contribution in [-0.4, -0.2) is 40.6 Å². The summed E-state index contributed by atoms with van der Waals surface area (Å²) in [4.78, 5) is 7.96. The van der Waals surface area contributed by atoms with E-state index in [0.29, 0.717) is 47.5 Å². The number of ether oxygens (including phenoxy) is 2. The molecular weight excluding hydrogens is 422 g/mol. The van der Waals surface area contributed by atoms with Gasteiger partial charge in [0.2, 0.25) is 5.95 Å². The van der Waals surface area contributed by atoms with E-state index in [1.54, 1.807) is 45.2 Å². The van der Waals surface area contributed by atoms with Gasteiger partial charge in [0.15, 0.2) is 11.4 Å². The van der Waals surface area contributed by atoms with Gasteiger partial charge in [0, 0.05) is 18.7 Å². The van der Waals surface area contributed by atoms with Crippen molar-refractivity contribution in [3.63, 3.8) is 0 Å². The first kappa shape index (κ1) is 22.4. The number of nitrogen functional groups attached to an aromatic ring is 1. The molecule has 0 fully saturated rings. The summed E-state index contributed by atoms with van der Waals surface area (Å²) in [5.74, 6) is 7.27. The molecule has 0 saturated heterocycles. The van der Waals surface area contributed by atoms with E-state index < -0.39 is 5.60 Å². The van der Waals surface area contributed by atoms with Gasteiger partial charge >= 0.3 is 0 Å². The first-order chi connectivity index (χ1) is 14.8. The number of methoxy groups -OCH3 is 1. The van der Waals surface area contributed by atoms with Crippen molar-refractivity contribution in [1.82, 2.24) is 15.1 Å². The summed E-state index contributed by atoms with van der Waals surface area (Å²) < 4.78 is 15.8. The second-order valence-corrected chi connectivity index (χ2v) is 7.15. The van der Waals surface area contributed by atoms with Gasteiger partial charge in [0.1, 0.15) is 28.8 Å². The SMILES string of the molecule is COCCOc1ccc(C#C[C@@](C)(O)c2cc(C)on2)cc1Nc1nc(N)ncc1Cl. The van der Waals surface area contributed by atoms with Crippen LogP contribution in [0.1, 0.15) is 23.9 Å². The molecule has 2 aromatic heterocycles. The summed E-state index contributed by atoms with van der Waals surface area (Å²) in [6.45, 7) is 4.05.